The number of halogens is 1. The zero-order valence-corrected chi connectivity index (χ0v) is 27.3. The maximum atomic E-state index is 13.6. The summed E-state index contributed by atoms with van der Waals surface area (Å²) in [5.74, 6) is 0.187. The topological polar surface area (TPSA) is 118 Å². The van der Waals surface area contributed by atoms with E-state index in [2.05, 4.69) is 41.4 Å². The molecule has 5 rings (SSSR count). The summed E-state index contributed by atoms with van der Waals surface area (Å²) in [5, 5.41) is 6.82. The number of hydrogen-bond donors (Lipinski definition) is 2. The fraction of sp³-hybridized carbons (Fsp3) is 0.467. The van der Waals surface area contributed by atoms with Crippen molar-refractivity contribution in [3.63, 3.8) is 0 Å². The van der Waals surface area contributed by atoms with Crippen LogP contribution in [0.1, 0.15) is 76.0 Å². The molecule has 224 valence electrons. The zero-order chi connectivity index (χ0) is 30.2. The Kier molecular flexibility index (Phi) is 9.04. The van der Waals surface area contributed by atoms with E-state index in [4.69, 9.17) is 11.6 Å². The van der Waals surface area contributed by atoms with Crippen LogP contribution in [-0.4, -0.2) is 47.7 Å². The molecular formula is C30H35ClN4O4S3. The number of benzene rings is 1. The molecule has 1 saturated heterocycles. The van der Waals surface area contributed by atoms with Gasteiger partial charge >= 0.3 is 0 Å². The molecule has 0 saturated carbocycles. The summed E-state index contributed by atoms with van der Waals surface area (Å²) in [5.41, 5.74) is 3.79. The highest BCUT2D eigenvalue weighted by Gasteiger charge is 2.36. The Labute approximate surface area is 260 Å². The average Bonchev–Trinajstić information content (AvgIpc) is 3.46. The van der Waals surface area contributed by atoms with Crippen molar-refractivity contribution in [3.8, 4) is 0 Å². The Morgan fingerprint density at radius 3 is 2.62 bits per heavy atom. The second-order valence-corrected chi connectivity index (χ2v) is 16.8. The van der Waals surface area contributed by atoms with E-state index in [9.17, 15) is 18.0 Å². The van der Waals surface area contributed by atoms with Crippen LogP contribution in [0.15, 0.2) is 35.6 Å². The fourth-order valence-corrected chi connectivity index (χ4v) is 9.54. The Morgan fingerprint density at radius 2 is 1.93 bits per heavy atom. The summed E-state index contributed by atoms with van der Waals surface area (Å²) in [6, 6.07) is 7.61. The number of amides is 2. The van der Waals surface area contributed by atoms with Crippen LogP contribution in [-0.2, 0) is 28.4 Å². The Hall–Kier alpha value is -2.47. The monoisotopic (exact) mass is 646 g/mol. The maximum absolute atomic E-state index is 13.6. The van der Waals surface area contributed by atoms with Crippen LogP contribution in [0.4, 0.5) is 5.00 Å². The molecule has 2 aromatic heterocycles. The van der Waals surface area contributed by atoms with Crippen molar-refractivity contribution in [1.29, 1.82) is 0 Å². The number of aromatic nitrogens is 2. The number of nitrogens with zero attached hydrogens (tertiary/aromatic N) is 2. The van der Waals surface area contributed by atoms with Gasteiger partial charge < -0.3 is 10.6 Å². The molecule has 0 spiro atoms. The number of carbonyl (C=O) groups is 2. The minimum atomic E-state index is -3.16. The Balaban J connectivity index is 1.40. The van der Waals surface area contributed by atoms with E-state index >= 15 is 0 Å². The van der Waals surface area contributed by atoms with Crippen molar-refractivity contribution in [2.45, 2.75) is 70.3 Å². The highest BCUT2D eigenvalue weighted by molar-refractivity contribution is 7.98. The largest absolute Gasteiger partial charge is 0.348 e. The molecule has 2 aliphatic rings. The molecule has 1 aromatic carbocycles. The van der Waals surface area contributed by atoms with E-state index in [1.165, 1.54) is 29.3 Å². The zero-order valence-electron chi connectivity index (χ0n) is 24.1. The number of anilines is 1. The summed E-state index contributed by atoms with van der Waals surface area (Å²) in [6.07, 6.45) is 4.26. The maximum Gasteiger partial charge on any atom is 0.276 e. The number of aryl methyl sites for hydroxylation is 1. The minimum absolute atomic E-state index is 0.0335. The van der Waals surface area contributed by atoms with Gasteiger partial charge in [-0.2, -0.15) is 0 Å². The Morgan fingerprint density at radius 1 is 1.17 bits per heavy atom. The highest BCUT2D eigenvalue weighted by Crippen LogP contribution is 2.44. The lowest BCUT2D eigenvalue weighted by Gasteiger charge is -2.33. The first-order valence-electron chi connectivity index (χ1n) is 14.0. The first-order chi connectivity index (χ1) is 19.8. The quantitative estimate of drug-likeness (QED) is 0.235. The van der Waals surface area contributed by atoms with Crippen molar-refractivity contribution in [2.75, 3.05) is 16.8 Å². The number of carbonyl (C=O) groups excluding carboxylic acids is 2. The number of sulfone groups is 1. The lowest BCUT2D eigenvalue weighted by molar-refractivity contribution is 0.0941. The molecule has 2 N–H and O–H groups in total. The molecule has 1 aliphatic carbocycles. The van der Waals surface area contributed by atoms with Gasteiger partial charge in [-0.25, -0.2) is 18.4 Å². The summed E-state index contributed by atoms with van der Waals surface area (Å²) in [7, 11) is -3.16. The van der Waals surface area contributed by atoms with Crippen molar-refractivity contribution in [1.82, 2.24) is 15.3 Å². The van der Waals surface area contributed by atoms with Gasteiger partial charge in [0.05, 0.1) is 28.3 Å². The molecule has 2 amide bonds. The number of rotatable bonds is 7. The molecular weight excluding hydrogens is 612 g/mol. The lowest BCUT2D eigenvalue weighted by atomic mass is 9.72. The van der Waals surface area contributed by atoms with Gasteiger partial charge in [-0.15, -0.1) is 11.3 Å². The number of hydrogen-bond acceptors (Lipinski definition) is 8. The van der Waals surface area contributed by atoms with E-state index in [0.29, 0.717) is 40.2 Å². The summed E-state index contributed by atoms with van der Waals surface area (Å²) in [6.45, 7) is 8.71. The van der Waals surface area contributed by atoms with Crippen LogP contribution in [0.5, 0.6) is 0 Å². The highest BCUT2D eigenvalue weighted by atomic mass is 35.5. The fourth-order valence-electron chi connectivity index (χ4n) is 5.48. The summed E-state index contributed by atoms with van der Waals surface area (Å²) < 4.78 is 24.0. The predicted molar refractivity (Wildman–Crippen MR) is 170 cm³/mol. The van der Waals surface area contributed by atoms with Gasteiger partial charge in [0.1, 0.15) is 5.00 Å². The molecule has 12 heteroatoms. The third kappa shape index (κ3) is 7.01. The number of fused-ring (bicyclic) bond motifs is 1. The van der Waals surface area contributed by atoms with E-state index in [1.807, 2.05) is 31.2 Å². The SMILES string of the molecule is Cc1ccccc1CSc1ncc(Cl)c(C(=O)Nc2sc3c(c2C(=O)NC2CCS(=O)(=O)C2)CCC(C(C)(C)C)C3)n1. The molecule has 2 atom stereocenters. The van der Waals surface area contributed by atoms with Gasteiger partial charge in [0, 0.05) is 16.7 Å². The van der Waals surface area contributed by atoms with Crippen LogP contribution in [0, 0.1) is 18.3 Å². The van der Waals surface area contributed by atoms with Crippen LogP contribution < -0.4 is 10.6 Å². The van der Waals surface area contributed by atoms with Gasteiger partial charge in [-0.1, -0.05) is 68.4 Å². The normalized spacial score (nSPS) is 19.7. The van der Waals surface area contributed by atoms with Crippen molar-refractivity contribution in [3.05, 3.63) is 68.3 Å². The molecule has 0 radical (unpaired) electrons. The van der Waals surface area contributed by atoms with Crippen molar-refractivity contribution in [2.24, 2.45) is 11.3 Å². The van der Waals surface area contributed by atoms with Crippen LogP contribution >= 0.6 is 34.7 Å². The summed E-state index contributed by atoms with van der Waals surface area (Å²) in [4.78, 5) is 37.0. The van der Waals surface area contributed by atoms with Crippen molar-refractivity contribution >= 4 is 61.4 Å². The number of thioether (sulfide) groups is 1. The lowest BCUT2D eigenvalue weighted by Crippen LogP contribution is -2.36. The molecule has 1 aliphatic heterocycles. The summed E-state index contributed by atoms with van der Waals surface area (Å²) >= 11 is 9.20. The van der Waals surface area contributed by atoms with Gasteiger partial charge in [0.15, 0.2) is 20.7 Å². The van der Waals surface area contributed by atoms with Crippen LogP contribution in [0.2, 0.25) is 5.02 Å². The molecule has 1 fully saturated rings. The van der Waals surface area contributed by atoms with Gasteiger partial charge in [-0.3, -0.25) is 9.59 Å². The predicted octanol–water partition coefficient (Wildman–Crippen LogP) is 6.11. The molecule has 8 nitrogen and oxygen atoms in total. The minimum Gasteiger partial charge on any atom is -0.348 e. The molecule has 42 heavy (non-hydrogen) atoms. The van der Waals surface area contributed by atoms with Gasteiger partial charge in [-0.05, 0) is 60.6 Å². The van der Waals surface area contributed by atoms with Gasteiger partial charge in [0.25, 0.3) is 11.8 Å². The van der Waals surface area contributed by atoms with E-state index in [0.717, 1.165) is 34.4 Å². The van der Waals surface area contributed by atoms with Crippen molar-refractivity contribution < 1.29 is 18.0 Å². The van der Waals surface area contributed by atoms with Crippen LogP contribution in [0.3, 0.4) is 0 Å². The van der Waals surface area contributed by atoms with E-state index in [-0.39, 0.29) is 33.5 Å². The first kappa shape index (κ1) is 31.0. The third-order valence-electron chi connectivity index (χ3n) is 8.07. The second-order valence-electron chi connectivity index (χ2n) is 12.1. The standard InChI is InChI=1S/C30H35ClN4O4S3/c1-17-7-5-6-8-18(17)15-40-29-32-14-22(31)25(34-29)27(37)35-28-24(26(36)33-20-11-12-42(38,39)16-20)21-10-9-19(30(2,3)4)13-23(21)41-28/h5-8,14,19-20H,9-13,15-16H2,1-4H3,(H,33,36)(H,35,37). The molecule has 3 aromatic rings. The smallest absolute Gasteiger partial charge is 0.276 e. The van der Waals surface area contributed by atoms with E-state index < -0.39 is 21.8 Å². The number of thiophene rings is 1. The first-order valence-corrected chi connectivity index (χ1v) is 18.0. The number of nitrogens with one attached hydrogen (secondary N) is 2. The Bertz CT molecular complexity index is 1630. The third-order valence-corrected chi connectivity index (χ3v) is 12.2. The van der Waals surface area contributed by atoms with Gasteiger partial charge in [0.2, 0.25) is 0 Å². The average molecular weight is 647 g/mol. The van der Waals surface area contributed by atoms with Crippen LogP contribution in [0.25, 0.3) is 0 Å². The van der Waals surface area contributed by atoms with E-state index in [1.54, 1.807) is 0 Å². The second kappa shape index (κ2) is 12.3. The molecule has 3 heterocycles. The molecule has 2 unspecified atom stereocenters. The molecule has 0 bridgehead atoms.